The Morgan fingerprint density at radius 3 is 2.14 bits per heavy atom. The molecule has 1 N–H and O–H groups in total. The number of imidazole rings is 1. The van der Waals surface area contributed by atoms with Gasteiger partial charge in [0.15, 0.2) is 12.1 Å². The van der Waals surface area contributed by atoms with E-state index >= 15 is 0 Å². The quantitative estimate of drug-likeness (QED) is 0.284. The van der Waals surface area contributed by atoms with Crippen molar-refractivity contribution in [3.8, 4) is 22.9 Å². The van der Waals surface area contributed by atoms with Gasteiger partial charge in [0, 0.05) is 38.0 Å². The molecule has 3 atom stereocenters. The third-order valence-electron chi connectivity index (χ3n) is 6.40. The summed E-state index contributed by atoms with van der Waals surface area (Å²) in [4.78, 5) is 25.2. The summed E-state index contributed by atoms with van der Waals surface area (Å²) >= 11 is 0. The Kier molecular flexibility index (Phi) is 10.1. The van der Waals surface area contributed by atoms with Crippen molar-refractivity contribution in [1.82, 2.24) is 29.6 Å². The van der Waals surface area contributed by atoms with Crippen LogP contribution >= 0.6 is 0 Å². The Morgan fingerprint density at radius 2 is 1.64 bits per heavy atom. The smallest absolute Gasteiger partial charge is 0.414 e. The zero-order valence-electron chi connectivity index (χ0n) is 23.7. The Labute approximate surface area is 244 Å². The third kappa shape index (κ3) is 7.54. The van der Waals surface area contributed by atoms with Crippen LogP contribution in [0.4, 0.5) is 44.3 Å². The summed E-state index contributed by atoms with van der Waals surface area (Å²) in [5.41, 5.74) is -0.0202. The second kappa shape index (κ2) is 12.9. The molecule has 2 amide bonds. The molecule has 0 saturated heterocycles. The number of nitrogens with zero attached hydrogens (tertiary/aromatic N) is 5. The average molecular weight is 647 g/mol. The van der Waals surface area contributed by atoms with E-state index in [1.807, 2.05) is 0 Å². The largest absolute Gasteiger partial charge is 0.494 e. The minimum atomic E-state index is -5.47. The summed E-state index contributed by atoms with van der Waals surface area (Å²) < 4.78 is 140. The SMILES string of the molecule is CCN(C(=O)N[C@@H](CC(OC)C(F)(F)F)C(F)(F)F)[C@@H](c1cc(-c2cn3cc(C)nc3c(OC)n2)c(OC)cn1)C(F)(F)F. The van der Waals surface area contributed by atoms with E-state index in [9.17, 15) is 44.3 Å². The number of rotatable bonds is 10. The molecule has 0 radical (unpaired) electrons. The number of pyridine rings is 1. The highest BCUT2D eigenvalue weighted by Crippen LogP contribution is 2.41. The number of nitrogens with one attached hydrogen (secondary N) is 1. The number of urea groups is 1. The zero-order valence-corrected chi connectivity index (χ0v) is 23.7. The summed E-state index contributed by atoms with van der Waals surface area (Å²) in [7, 11) is 3.00. The topological polar surface area (TPSA) is 103 Å². The zero-order chi connectivity index (χ0) is 33.2. The molecular formula is C25H27F9N6O4. The van der Waals surface area contributed by atoms with Gasteiger partial charge >= 0.3 is 24.6 Å². The summed E-state index contributed by atoms with van der Waals surface area (Å²) in [5, 5.41) is 1.26. The molecule has 44 heavy (non-hydrogen) atoms. The highest BCUT2D eigenvalue weighted by atomic mass is 19.4. The maximum absolute atomic E-state index is 14.5. The Balaban J connectivity index is 2.09. The fourth-order valence-corrected chi connectivity index (χ4v) is 4.36. The first kappa shape index (κ1) is 34.5. The predicted octanol–water partition coefficient (Wildman–Crippen LogP) is 5.65. The van der Waals surface area contributed by atoms with Gasteiger partial charge in [0.05, 0.1) is 37.5 Å². The highest BCUT2D eigenvalue weighted by Gasteiger charge is 2.51. The average Bonchev–Trinajstić information content (AvgIpc) is 3.30. The second-order valence-electron chi connectivity index (χ2n) is 9.33. The van der Waals surface area contributed by atoms with E-state index in [2.05, 4.69) is 19.7 Å². The van der Waals surface area contributed by atoms with Gasteiger partial charge in [-0.1, -0.05) is 0 Å². The van der Waals surface area contributed by atoms with E-state index < -0.39 is 61.4 Å². The summed E-state index contributed by atoms with van der Waals surface area (Å²) in [5.74, 6) is -0.0489. The second-order valence-corrected chi connectivity index (χ2v) is 9.33. The van der Waals surface area contributed by atoms with Gasteiger partial charge in [-0.25, -0.2) is 14.8 Å². The summed E-state index contributed by atoms with van der Waals surface area (Å²) in [6.45, 7) is 1.90. The van der Waals surface area contributed by atoms with Crippen LogP contribution in [0, 0.1) is 6.92 Å². The first-order chi connectivity index (χ1) is 20.3. The van der Waals surface area contributed by atoms with E-state index in [1.54, 1.807) is 13.1 Å². The van der Waals surface area contributed by atoms with Crippen molar-refractivity contribution in [2.75, 3.05) is 27.9 Å². The molecule has 10 nitrogen and oxygen atoms in total. The van der Waals surface area contributed by atoms with E-state index in [-0.39, 0.29) is 27.8 Å². The minimum absolute atomic E-state index is 0.00404. The molecule has 0 aliphatic heterocycles. The van der Waals surface area contributed by atoms with Gasteiger partial charge in [-0.3, -0.25) is 4.98 Å². The van der Waals surface area contributed by atoms with Crippen LogP contribution < -0.4 is 14.8 Å². The molecule has 0 saturated carbocycles. The molecular weight excluding hydrogens is 619 g/mol. The van der Waals surface area contributed by atoms with Crippen molar-refractivity contribution >= 4 is 11.7 Å². The molecule has 3 rings (SSSR count). The van der Waals surface area contributed by atoms with Crippen molar-refractivity contribution in [2.24, 2.45) is 0 Å². The third-order valence-corrected chi connectivity index (χ3v) is 6.40. The molecule has 0 aliphatic rings. The molecule has 19 heteroatoms. The van der Waals surface area contributed by atoms with Crippen LogP contribution in [0.3, 0.4) is 0 Å². The molecule has 1 unspecified atom stereocenters. The molecule has 0 bridgehead atoms. The van der Waals surface area contributed by atoms with E-state index in [4.69, 9.17) is 9.47 Å². The molecule has 0 spiro atoms. The minimum Gasteiger partial charge on any atom is -0.494 e. The van der Waals surface area contributed by atoms with Gasteiger partial charge in [-0.05, 0) is 19.9 Å². The highest BCUT2D eigenvalue weighted by molar-refractivity contribution is 5.76. The number of ether oxygens (including phenoxy) is 3. The lowest BCUT2D eigenvalue weighted by molar-refractivity contribution is -0.228. The molecule has 0 fully saturated rings. The number of fused-ring (bicyclic) bond motifs is 1. The number of hydrogen-bond donors (Lipinski definition) is 1. The van der Waals surface area contributed by atoms with Gasteiger partial charge in [0.25, 0.3) is 5.88 Å². The van der Waals surface area contributed by atoms with Crippen LogP contribution in [0.1, 0.15) is 30.8 Å². The van der Waals surface area contributed by atoms with Gasteiger partial charge in [0.1, 0.15) is 11.8 Å². The Morgan fingerprint density at radius 1 is 0.977 bits per heavy atom. The number of carbonyl (C=O) groups is 1. The molecule has 3 aromatic heterocycles. The van der Waals surface area contributed by atoms with Crippen LogP contribution in [-0.4, -0.2) is 88.8 Å². The first-order valence-electron chi connectivity index (χ1n) is 12.6. The van der Waals surface area contributed by atoms with Gasteiger partial charge in [-0.2, -0.15) is 39.5 Å². The number of aryl methyl sites for hydroxylation is 1. The number of amides is 2. The Hall–Kier alpha value is -4.03. The lowest BCUT2D eigenvalue weighted by atomic mass is 10.1. The Bertz CT molecular complexity index is 1460. The number of aromatic nitrogens is 4. The fraction of sp³-hybridized carbons (Fsp3) is 0.520. The normalized spacial score (nSPS) is 14.7. The van der Waals surface area contributed by atoms with Gasteiger partial charge < -0.3 is 28.8 Å². The summed E-state index contributed by atoms with van der Waals surface area (Å²) in [6.07, 6.45) is -16.9. The number of alkyl halides is 9. The maximum Gasteiger partial charge on any atom is 0.414 e. The van der Waals surface area contributed by atoms with Crippen LogP contribution in [-0.2, 0) is 4.74 Å². The van der Waals surface area contributed by atoms with Gasteiger partial charge in [0.2, 0.25) is 5.65 Å². The molecule has 3 aromatic rings. The van der Waals surface area contributed by atoms with Crippen LogP contribution in [0.15, 0.2) is 24.7 Å². The van der Waals surface area contributed by atoms with Gasteiger partial charge in [-0.15, -0.1) is 0 Å². The van der Waals surface area contributed by atoms with Crippen molar-refractivity contribution < 1.29 is 58.5 Å². The van der Waals surface area contributed by atoms with Crippen LogP contribution in [0.5, 0.6) is 11.6 Å². The van der Waals surface area contributed by atoms with Crippen molar-refractivity contribution in [3.63, 3.8) is 0 Å². The molecule has 244 valence electrons. The fourth-order valence-electron chi connectivity index (χ4n) is 4.36. The first-order valence-corrected chi connectivity index (χ1v) is 12.6. The summed E-state index contributed by atoms with van der Waals surface area (Å²) in [6, 6.07) is -7.20. The number of carbonyl (C=O) groups excluding carboxylic acids is 1. The van der Waals surface area contributed by atoms with Crippen LogP contribution in [0.2, 0.25) is 0 Å². The lowest BCUT2D eigenvalue weighted by Crippen LogP contribution is -2.55. The lowest BCUT2D eigenvalue weighted by Gasteiger charge is -2.34. The molecule has 0 aromatic carbocycles. The number of halogens is 9. The standard InChI is InChI=1S/C25H27F9N6O4/c1-6-40(22(41)38-17(23(26,27)28)8-18(43-4)24(29,30)31)19(25(32,33)34)14-7-13(16(42-3)9-35-14)15-11-39-10-12(2)36-20(39)21(37-15)44-5/h7,9-11,17-19H,6,8H2,1-5H3,(H,38,41)/t17-,18?,19-/m0/s1. The van der Waals surface area contributed by atoms with E-state index in [1.165, 1.54) is 30.1 Å². The molecule has 3 heterocycles. The van der Waals surface area contributed by atoms with Crippen molar-refractivity contribution in [3.05, 3.63) is 36.0 Å². The predicted molar refractivity (Wildman–Crippen MR) is 135 cm³/mol. The van der Waals surface area contributed by atoms with Crippen molar-refractivity contribution in [1.29, 1.82) is 0 Å². The molecule has 0 aliphatic carbocycles. The van der Waals surface area contributed by atoms with Crippen LogP contribution in [0.25, 0.3) is 16.9 Å². The maximum atomic E-state index is 14.5. The van der Waals surface area contributed by atoms with E-state index in [0.29, 0.717) is 18.5 Å². The number of methoxy groups -OCH3 is 3. The van der Waals surface area contributed by atoms with Crippen molar-refractivity contribution in [2.45, 2.75) is 57.0 Å². The van der Waals surface area contributed by atoms with E-state index in [0.717, 1.165) is 19.2 Å². The monoisotopic (exact) mass is 646 g/mol. The number of hydrogen-bond acceptors (Lipinski definition) is 7.